The molecule has 0 saturated carbocycles. The Morgan fingerprint density at radius 3 is 2.72 bits per heavy atom. The Bertz CT molecular complexity index is 609. The second-order valence-corrected chi connectivity index (χ2v) is 4.39. The fraction of sp³-hybridized carbons (Fsp3) is 0.111. The van der Waals surface area contributed by atoms with Crippen molar-refractivity contribution in [3.05, 3.63) is 29.6 Å². The van der Waals surface area contributed by atoms with Gasteiger partial charge in [0.2, 0.25) is 0 Å². The van der Waals surface area contributed by atoms with Crippen LogP contribution in [0.5, 0.6) is 0 Å². The molecule has 0 atom stereocenters. The van der Waals surface area contributed by atoms with Crippen LogP contribution in [0.1, 0.15) is 5.56 Å². The zero-order chi connectivity index (χ0) is 13.8. The lowest BCUT2D eigenvalue weighted by molar-refractivity contribution is 0.177. The van der Waals surface area contributed by atoms with E-state index in [-0.39, 0.29) is 5.69 Å². The van der Waals surface area contributed by atoms with Crippen LogP contribution in [0.15, 0.2) is 18.2 Å². The summed E-state index contributed by atoms with van der Waals surface area (Å²) < 4.78 is 43.4. The summed E-state index contributed by atoms with van der Waals surface area (Å²) in [5.74, 6) is -0.879. The average Bonchev–Trinajstić information content (AvgIpc) is 2.28. The lowest BCUT2D eigenvalue weighted by atomic mass is 10.2. The molecule has 0 unspecified atom stereocenters. The van der Waals surface area contributed by atoms with Gasteiger partial charge in [-0.25, -0.2) is 13.9 Å². The van der Waals surface area contributed by atoms with Crippen LogP contribution in [0, 0.1) is 17.1 Å². The molecule has 0 aliphatic carbocycles. The van der Waals surface area contributed by atoms with Gasteiger partial charge in [-0.3, -0.25) is 4.72 Å². The molecule has 0 aliphatic rings. The van der Waals surface area contributed by atoms with E-state index in [0.717, 1.165) is 13.2 Å². The minimum atomic E-state index is -4.29. The number of nitrogens with one attached hydrogen (secondary N) is 2. The van der Waals surface area contributed by atoms with Crippen molar-refractivity contribution in [3.8, 4) is 6.07 Å². The Morgan fingerprint density at radius 2 is 2.17 bits per heavy atom. The second kappa shape index (κ2) is 5.33. The predicted octanol–water partition coefficient (Wildman–Crippen LogP) is 0.710. The fourth-order valence-electron chi connectivity index (χ4n) is 1.04. The number of carbonyl (C=O) groups is 1. The van der Waals surface area contributed by atoms with E-state index in [4.69, 9.17) is 5.26 Å². The summed E-state index contributed by atoms with van der Waals surface area (Å²) in [4.78, 5) is 10.7. The molecule has 0 spiro atoms. The lowest BCUT2D eigenvalue weighted by Gasteiger charge is -2.09. The van der Waals surface area contributed by atoms with Crippen LogP contribution in [0.4, 0.5) is 14.9 Å². The van der Waals surface area contributed by atoms with Gasteiger partial charge in [-0.1, -0.05) is 6.07 Å². The first kappa shape index (κ1) is 13.7. The Balaban J connectivity index is 3.02. The molecule has 0 bridgehead atoms. The Hall–Kier alpha value is -2.34. The van der Waals surface area contributed by atoms with E-state index in [0.29, 0.717) is 0 Å². The first-order chi connectivity index (χ1) is 8.39. The molecule has 1 rings (SSSR count). The van der Waals surface area contributed by atoms with E-state index < -0.39 is 27.7 Å². The number of nitriles is 1. The van der Waals surface area contributed by atoms with Crippen molar-refractivity contribution in [3.63, 3.8) is 0 Å². The van der Waals surface area contributed by atoms with Gasteiger partial charge in [0, 0.05) is 0 Å². The molecular weight excluding hydrogens is 265 g/mol. The minimum Gasteiger partial charge on any atom is -0.452 e. The molecule has 96 valence electrons. The van der Waals surface area contributed by atoms with Gasteiger partial charge in [-0.2, -0.15) is 13.7 Å². The van der Waals surface area contributed by atoms with Crippen LogP contribution in [-0.2, 0) is 14.9 Å². The van der Waals surface area contributed by atoms with Crippen LogP contribution in [0.2, 0.25) is 0 Å². The van der Waals surface area contributed by atoms with Crippen LogP contribution in [-0.4, -0.2) is 21.6 Å². The summed E-state index contributed by atoms with van der Waals surface area (Å²) in [7, 11) is -3.31. The van der Waals surface area contributed by atoms with Crippen molar-refractivity contribution in [2.45, 2.75) is 0 Å². The first-order valence-corrected chi connectivity index (χ1v) is 5.95. The molecule has 1 aromatic rings. The van der Waals surface area contributed by atoms with Crippen molar-refractivity contribution in [1.82, 2.24) is 4.72 Å². The number of hydrogen-bond donors (Lipinski definition) is 2. The smallest absolute Gasteiger partial charge is 0.422 e. The number of anilines is 1. The maximum atomic E-state index is 13.2. The summed E-state index contributed by atoms with van der Waals surface area (Å²) in [5, 5.41) is 8.69. The van der Waals surface area contributed by atoms with E-state index in [1.807, 2.05) is 4.72 Å². The molecule has 0 aliphatic heterocycles. The quantitative estimate of drug-likeness (QED) is 0.843. The second-order valence-electron chi connectivity index (χ2n) is 2.97. The fourth-order valence-corrected chi connectivity index (χ4v) is 1.86. The van der Waals surface area contributed by atoms with Crippen molar-refractivity contribution >= 4 is 22.0 Å². The molecule has 0 heterocycles. The highest BCUT2D eigenvalue weighted by Crippen LogP contribution is 2.18. The third-order valence-corrected chi connectivity index (χ3v) is 2.70. The highest BCUT2D eigenvalue weighted by atomic mass is 32.2. The number of nitrogens with zero attached hydrogens (tertiary/aromatic N) is 1. The van der Waals surface area contributed by atoms with Gasteiger partial charge >= 0.3 is 16.3 Å². The van der Waals surface area contributed by atoms with E-state index in [1.165, 1.54) is 22.9 Å². The van der Waals surface area contributed by atoms with Crippen LogP contribution in [0.3, 0.4) is 0 Å². The SMILES string of the molecule is COC(=O)NS(=O)(=O)Nc1cccc(F)c1C#N. The molecule has 0 aromatic heterocycles. The molecule has 18 heavy (non-hydrogen) atoms. The molecule has 0 radical (unpaired) electrons. The molecule has 7 nitrogen and oxygen atoms in total. The number of carbonyl (C=O) groups excluding carboxylic acids is 1. The number of amides is 1. The van der Waals surface area contributed by atoms with E-state index in [2.05, 4.69) is 4.74 Å². The van der Waals surface area contributed by atoms with E-state index in [1.54, 1.807) is 0 Å². The van der Waals surface area contributed by atoms with Crippen molar-refractivity contribution < 1.29 is 22.3 Å². The van der Waals surface area contributed by atoms with Gasteiger partial charge in [-0.05, 0) is 12.1 Å². The van der Waals surface area contributed by atoms with Gasteiger partial charge in [0.1, 0.15) is 17.4 Å². The summed E-state index contributed by atoms with van der Waals surface area (Å²) in [6, 6.07) is 4.91. The van der Waals surface area contributed by atoms with Crippen molar-refractivity contribution in [2.24, 2.45) is 0 Å². The third-order valence-electron chi connectivity index (χ3n) is 1.77. The summed E-state index contributed by atoms with van der Waals surface area (Å²) >= 11 is 0. The average molecular weight is 273 g/mol. The van der Waals surface area contributed by atoms with Gasteiger partial charge in [-0.15, -0.1) is 0 Å². The number of methoxy groups -OCH3 is 1. The third kappa shape index (κ3) is 3.33. The molecule has 2 N–H and O–H groups in total. The standard InChI is InChI=1S/C9H8FN3O4S/c1-17-9(14)13-18(15,16)12-8-4-2-3-7(10)6(8)5-11/h2-4,12H,1H3,(H,13,14). The van der Waals surface area contributed by atoms with E-state index >= 15 is 0 Å². The highest BCUT2D eigenvalue weighted by Gasteiger charge is 2.17. The first-order valence-electron chi connectivity index (χ1n) is 4.46. The van der Waals surface area contributed by atoms with Gasteiger partial charge < -0.3 is 4.74 Å². The zero-order valence-corrected chi connectivity index (χ0v) is 9.91. The monoisotopic (exact) mass is 273 g/mol. The molecule has 9 heteroatoms. The summed E-state index contributed by atoms with van der Waals surface area (Å²) in [6.07, 6.45) is -1.21. The summed E-state index contributed by atoms with van der Waals surface area (Å²) in [5.41, 5.74) is -0.762. The van der Waals surface area contributed by atoms with Gasteiger partial charge in [0.05, 0.1) is 12.8 Å². The van der Waals surface area contributed by atoms with E-state index in [9.17, 15) is 17.6 Å². The molecule has 1 amide bonds. The van der Waals surface area contributed by atoms with Crippen molar-refractivity contribution in [1.29, 1.82) is 5.26 Å². The Kier molecular flexibility index (Phi) is 4.06. The normalized spacial score (nSPS) is 10.3. The largest absolute Gasteiger partial charge is 0.452 e. The maximum Gasteiger partial charge on any atom is 0.422 e. The Morgan fingerprint density at radius 1 is 1.50 bits per heavy atom. The van der Waals surface area contributed by atoms with Crippen molar-refractivity contribution in [2.75, 3.05) is 11.8 Å². The van der Waals surface area contributed by atoms with Crippen LogP contribution in [0.25, 0.3) is 0 Å². The number of ether oxygens (including phenoxy) is 1. The lowest BCUT2D eigenvalue weighted by Crippen LogP contribution is -2.35. The van der Waals surface area contributed by atoms with Crippen LogP contribution >= 0.6 is 0 Å². The molecular formula is C9H8FN3O4S. The number of benzene rings is 1. The molecule has 0 fully saturated rings. The Labute approximate surface area is 102 Å². The minimum absolute atomic E-state index is 0.283. The van der Waals surface area contributed by atoms with Crippen LogP contribution < -0.4 is 9.44 Å². The molecule has 0 saturated heterocycles. The topological polar surface area (TPSA) is 108 Å². The summed E-state index contributed by atoms with van der Waals surface area (Å²) in [6.45, 7) is 0. The number of halogens is 1. The predicted molar refractivity (Wildman–Crippen MR) is 59.2 cm³/mol. The zero-order valence-electron chi connectivity index (χ0n) is 9.10. The maximum absolute atomic E-state index is 13.2. The molecule has 1 aromatic carbocycles. The highest BCUT2D eigenvalue weighted by molar-refractivity contribution is 7.91. The van der Waals surface area contributed by atoms with Gasteiger partial charge in [0.25, 0.3) is 0 Å². The number of rotatable bonds is 3. The van der Waals surface area contributed by atoms with Gasteiger partial charge in [0.15, 0.2) is 0 Å². The number of hydrogen-bond acceptors (Lipinski definition) is 5.